The number of nitrogens with one attached hydrogen (secondary N) is 2. The lowest BCUT2D eigenvalue weighted by molar-refractivity contribution is -0.117. The Kier molecular flexibility index (Phi) is 4.94. The van der Waals surface area contributed by atoms with Crippen molar-refractivity contribution in [2.75, 3.05) is 18.1 Å². The number of urea groups is 1. The molecule has 0 saturated carbocycles. The molecule has 8 heteroatoms. The molecule has 3 N–H and O–H groups in total. The van der Waals surface area contributed by atoms with Crippen molar-refractivity contribution in [2.45, 2.75) is 6.04 Å². The summed E-state index contributed by atoms with van der Waals surface area (Å²) >= 11 is 0. The first kappa shape index (κ1) is 17.6. The molecule has 26 heavy (non-hydrogen) atoms. The standard InChI is InChI=1S/C18H16FN3O4/c19-13-5-1-11(2-6-13)15(10-23)20-17(25)12-3-7-14(8-4-12)22-9-16(24)21-18(22)26/h1-8,15,23H,9-10H2,(H,20,25)(H,21,24,26). The summed E-state index contributed by atoms with van der Waals surface area (Å²) in [6.45, 7) is -0.410. The summed E-state index contributed by atoms with van der Waals surface area (Å²) in [6.07, 6.45) is 0. The monoisotopic (exact) mass is 357 g/mol. The van der Waals surface area contributed by atoms with Gasteiger partial charge in [0.1, 0.15) is 12.4 Å². The van der Waals surface area contributed by atoms with Crippen molar-refractivity contribution >= 4 is 23.5 Å². The van der Waals surface area contributed by atoms with E-state index in [1.165, 1.54) is 41.3 Å². The van der Waals surface area contributed by atoms with Gasteiger partial charge in [-0.2, -0.15) is 0 Å². The minimum Gasteiger partial charge on any atom is -0.394 e. The Balaban J connectivity index is 1.70. The largest absolute Gasteiger partial charge is 0.394 e. The molecule has 0 bridgehead atoms. The highest BCUT2D eigenvalue weighted by atomic mass is 19.1. The van der Waals surface area contributed by atoms with E-state index >= 15 is 0 Å². The van der Waals surface area contributed by atoms with Crippen LogP contribution in [0.25, 0.3) is 0 Å². The van der Waals surface area contributed by atoms with Crippen molar-refractivity contribution in [1.82, 2.24) is 10.6 Å². The van der Waals surface area contributed by atoms with Gasteiger partial charge in [0.05, 0.1) is 12.6 Å². The minimum absolute atomic E-state index is 0.0679. The Morgan fingerprint density at radius 2 is 1.81 bits per heavy atom. The molecule has 4 amide bonds. The van der Waals surface area contributed by atoms with Crippen molar-refractivity contribution in [3.63, 3.8) is 0 Å². The number of imide groups is 1. The van der Waals surface area contributed by atoms with Crippen molar-refractivity contribution in [1.29, 1.82) is 0 Å². The number of hydrogen-bond acceptors (Lipinski definition) is 4. The third-order valence-electron chi connectivity index (χ3n) is 3.99. The number of aliphatic hydroxyl groups is 1. The summed E-state index contributed by atoms with van der Waals surface area (Å²) < 4.78 is 13.0. The summed E-state index contributed by atoms with van der Waals surface area (Å²) in [5, 5.41) is 14.3. The zero-order valence-corrected chi connectivity index (χ0v) is 13.6. The summed E-state index contributed by atoms with van der Waals surface area (Å²) in [6, 6.07) is 10.4. The topological polar surface area (TPSA) is 98.7 Å². The second-order valence-electron chi connectivity index (χ2n) is 5.75. The van der Waals surface area contributed by atoms with Crippen LogP contribution < -0.4 is 15.5 Å². The van der Waals surface area contributed by atoms with Crippen LogP contribution in [0.3, 0.4) is 0 Å². The number of hydrogen-bond donors (Lipinski definition) is 3. The van der Waals surface area contributed by atoms with E-state index < -0.39 is 23.8 Å². The molecule has 2 aromatic rings. The molecule has 0 aliphatic carbocycles. The molecule has 3 rings (SSSR count). The maximum absolute atomic E-state index is 13.0. The van der Waals surface area contributed by atoms with Crippen LogP contribution in [0.1, 0.15) is 22.0 Å². The number of aliphatic hydroxyl groups excluding tert-OH is 1. The van der Waals surface area contributed by atoms with E-state index in [2.05, 4.69) is 10.6 Å². The van der Waals surface area contributed by atoms with E-state index in [0.29, 0.717) is 16.8 Å². The Labute approximate surface area is 148 Å². The van der Waals surface area contributed by atoms with Crippen molar-refractivity contribution in [2.24, 2.45) is 0 Å². The molecule has 1 aliphatic heterocycles. The molecule has 2 aromatic carbocycles. The van der Waals surface area contributed by atoms with Gasteiger partial charge in [0, 0.05) is 11.3 Å². The number of carbonyl (C=O) groups is 3. The maximum Gasteiger partial charge on any atom is 0.329 e. The molecule has 134 valence electrons. The van der Waals surface area contributed by atoms with Crippen LogP contribution in [0.4, 0.5) is 14.9 Å². The van der Waals surface area contributed by atoms with E-state index in [-0.39, 0.29) is 19.1 Å². The van der Waals surface area contributed by atoms with Crippen LogP contribution in [0.2, 0.25) is 0 Å². The van der Waals surface area contributed by atoms with Gasteiger partial charge in [-0.3, -0.25) is 19.8 Å². The van der Waals surface area contributed by atoms with E-state index in [4.69, 9.17) is 0 Å². The predicted molar refractivity (Wildman–Crippen MR) is 91.0 cm³/mol. The predicted octanol–water partition coefficient (Wildman–Crippen LogP) is 1.35. The fourth-order valence-corrected chi connectivity index (χ4v) is 2.61. The Hall–Kier alpha value is -3.26. The molecule has 0 radical (unpaired) electrons. The van der Waals surface area contributed by atoms with Crippen molar-refractivity contribution < 1.29 is 23.9 Å². The fourth-order valence-electron chi connectivity index (χ4n) is 2.61. The average Bonchev–Trinajstić information content (AvgIpc) is 2.98. The van der Waals surface area contributed by atoms with Gasteiger partial charge in [0.25, 0.3) is 5.91 Å². The van der Waals surface area contributed by atoms with Crippen LogP contribution in [-0.4, -0.2) is 36.1 Å². The lowest BCUT2D eigenvalue weighted by Gasteiger charge is -2.17. The smallest absolute Gasteiger partial charge is 0.329 e. The normalized spacial score (nSPS) is 14.9. The molecule has 1 unspecified atom stereocenters. The van der Waals surface area contributed by atoms with Crippen molar-refractivity contribution in [3.05, 3.63) is 65.5 Å². The quantitative estimate of drug-likeness (QED) is 0.704. The highest BCUT2D eigenvalue weighted by Gasteiger charge is 2.28. The number of nitrogens with zero attached hydrogens (tertiary/aromatic N) is 1. The highest BCUT2D eigenvalue weighted by Crippen LogP contribution is 2.19. The molecule has 1 saturated heterocycles. The first-order chi connectivity index (χ1) is 12.5. The third-order valence-corrected chi connectivity index (χ3v) is 3.99. The van der Waals surface area contributed by atoms with Crippen LogP contribution in [0.15, 0.2) is 48.5 Å². The van der Waals surface area contributed by atoms with E-state index in [1.54, 1.807) is 12.1 Å². The SMILES string of the molecule is O=C1CN(c2ccc(C(=O)NC(CO)c3ccc(F)cc3)cc2)C(=O)N1. The number of halogens is 1. The molecule has 1 aliphatic rings. The highest BCUT2D eigenvalue weighted by molar-refractivity contribution is 6.12. The number of rotatable bonds is 5. The first-order valence-corrected chi connectivity index (χ1v) is 7.86. The molecular weight excluding hydrogens is 341 g/mol. The summed E-state index contributed by atoms with van der Waals surface area (Å²) in [7, 11) is 0. The molecule has 0 spiro atoms. The van der Waals surface area contributed by atoms with Crippen LogP contribution >= 0.6 is 0 Å². The zero-order valence-electron chi connectivity index (χ0n) is 13.6. The van der Waals surface area contributed by atoms with Gasteiger partial charge in [0.2, 0.25) is 5.91 Å². The summed E-state index contributed by atoms with van der Waals surface area (Å²) in [4.78, 5) is 36.5. The number of benzene rings is 2. The Morgan fingerprint density at radius 1 is 1.15 bits per heavy atom. The second-order valence-corrected chi connectivity index (χ2v) is 5.75. The molecule has 1 atom stereocenters. The first-order valence-electron chi connectivity index (χ1n) is 7.86. The van der Waals surface area contributed by atoms with E-state index in [0.717, 1.165) is 0 Å². The van der Waals surface area contributed by atoms with Crippen LogP contribution in [0, 0.1) is 5.82 Å². The molecule has 1 heterocycles. The van der Waals surface area contributed by atoms with Gasteiger partial charge in [-0.15, -0.1) is 0 Å². The Morgan fingerprint density at radius 3 is 2.35 bits per heavy atom. The lowest BCUT2D eigenvalue weighted by atomic mass is 10.1. The lowest BCUT2D eigenvalue weighted by Crippen LogP contribution is -2.31. The molecule has 0 aromatic heterocycles. The van der Waals surface area contributed by atoms with Crippen LogP contribution in [-0.2, 0) is 4.79 Å². The van der Waals surface area contributed by atoms with Gasteiger partial charge in [-0.05, 0) is 42.0 Å². The minimum atomic E-state index is -0.676. The summed E-state index contributed by atoms with van der Waals surface area (Å²) in [5.41, 5.74) is 1.38. The number of anilines is 1. The van der Waals surface area contributed by atoms with E-state index in [9.17, 15) is 23.9 Å². The van der Waals surface area contributed by atoms with Gasteiger partial charge in [-0.1, -0.05) is 12.1 Å². The van der Waals surface area contributed by atoms with Crippen molar-refractivity contribution in [3.8, 4) is 0 Å². The average molecular weight is 357 g/mol. The van der Waals surface area contributed by atoms with Gasteiger partial charge < -0.3 is 10.4 Å². The zero-order chi connectivity index (χ0) is 18.7. The Bertz CT molecular complexity index is 837. The summed E-state index contributed by atoms with van der Waals surface area (Å²) in [5.74, 6) is -1.22. The maximum atomic E-state index is 13.0. The molecular formula is C18H16FN3O4. The third kappa shape index (κ3) is 3.70. The van der Waals surface area contributed by atoms with Crippen LogP contribution in [0.5, 0.6) is 0 Å². The second kappa shape index (κ2) is 7.32. The van der Waals surface area contributed by atoms with E-state index in [1.807, 2.05) is 0 Å². The fraction of sp³-hybridized carbons (Fsp3) is 0.167. The number of amides is 4. The van der Waals surface area contributed by atoms with Gasteiger partial charge in [-0.25, -0.2) is 9.18 Å². The number of carbonyl (C=O) groups excluding carboxylic acids is 3. The van der Waals surface area contributed by atoms with Gasteiger partial charge >= 0.3 is 6.03 Å². The molecule has 7 nitrogen and oxygen atoms in total. The molecule has 1 fully saturated rings. The van der Waals surface area contributed by atoms with Gasteiger partial charge in [0.15, 0.2) is 0 Å².